The third-order valence-electron chi connectivity index (χ3n) is 2.95. The van der Waals surface area contributed by atoms with Gasteiger partial charge in [-0.3, -0.25) is 9.09 Å². The molecule has 0 bridgehead atoms. The minimum absolute atomic E-state index is 0.0104. The van der Waals surface area contributed by atoms with Crippen molar-refractivity contribution in [3.63, 3.8) is 0 Å². The van der Waals surface area contributed by atoms with Gasteiger partial charge in [-0.1, -0.05) is 0 Å². The highest BCUT2D eigenvalue weighted by molar-refractivity contribution is 14.1. The highest BCUT2D eigenvalue weighted by Crippen LogP contribution is 2.38. The Morgan fingerprint density at radius 1 is 1.45 bits per heavy atom. The number of nitrogen functional groups attached to an aromatic ring is 1. The molecule has 2 rings (SSSR count). The van der Waals surface area contributed by atoms with Crippen LogP contribution in [0.15, 0.2) is 11.0 Å². The molecular weight excluding hydrogens is 436 g/mol. The maximum Gasteiger partial charge on any atom is 0.469 e. The topological polar surface area (TPSA) is 177 Å². The van der Waals surface area contributed by atoms with Crippen LogP contribution < -0.4 is 11.4 Å². The van der Waals surface area contributed by atoms with E-state index in [1.54, 1.807) is 0 Å². The molecule has 1 aliphatic rings. The van der Waals surface area contributed by atoms with Gasteiger partial charge in [-0.15, -0.1) is 0 Å². The molecule has 0 saturated carbocycles. The van der Waals surface area contributed by atoms with Crippen LogP contribution in [-0.2, 0) is 13.8 Å². The Balaban J connectivity index is 2.22. The second kappa shape index (κ2) is 6.49. The summed E-state index contributed by atoms with van der Waals surface area (Å²) in [5.74, 6) is 0.0104. The molecule has 0 unspecified atom stereocenters. The lowest BCUT2D eigenvalue weighted by molar-refractivity contribution is -0.0543. The van der Waals surface area contributed by atoms with Gasteiger partial charge in [0.05, 0.1) is 10.2 Å². The third-order valence-corrected chi connectivity index (χ3v) is 4.27. The van der Waals surface area contributed by atoms with Crippen molar-refractivity contribution in [3.05, 3.63) is 20.3 Å². The predicted molar refractivity (Wildman–Crippen MR) is 79.5 cm³/mol. The van der Waals surface area contributed by atoms with Crippen LogP contribution in [0.2, 0.25) is 0 Å². The van der Waals surface area contributed by atoms with Gasteiger partial charge in [-0.2, -0.15) is 4.98 Å². The van der Waals surface area contributed by atoms with E-state index in [1.165, 1.54) is 6.20 Å². The van der Waals surface area contributed by atoms with Gasteiger partial charge in [0, 0.05) is 6.20 Å². The summed E-state index contributed by atoms with van der Waals surface area (Å²) in [4.78, 5) is 32.6. The van der Waals surface area contributed by atoms with Crippen molar-refractivity contribution < 1.29 is 33.8 Å². The summed E-state index contributed by atoms with van der Waals surface area (Å²) in [6.07, 6.45) is -4.23. The van der Waals surface area contributed by atoms with E-state index >= 15 is 0 Å². The Morgan fingerprint density at radius 3 is 2.68 bits per heavy atom. The molecule has 13 heteroatoms. The van der Waals surface area contributed by atoms with Crippen molar-refractivity contribution >= 4 is 36.2 Å². The summed E-state index contributed by atoms with van der Waals surface area (Å²) in [5.41, 5.74) is 4.68. The lowest BCUT2D eigenvalue weighted by atomic mass is 10.1. The number of rotatable bonds is 4. The first kappa shape index (κ1) is 17.7. The molecule has 2 heterocycles. The van der Waals surface area contributed by atoms with Crippen molar-refractivity contribution in [1.29, 1.82) is 0 Å². The van der Waals surface area contributed by atoms with Crippen molar-refractivity contribution in [1.82, 2.24) is 9.55 Å². The Bertz CT molecular complexity index is 663. The molecule has 1 aromatic rings. The van der Waals surface area contributed by atoms with E-state index in [0.29, 0.717) is 3.57 Å². The van der Waals surface area contributed by atoms with Crippen molar-refractivity contribution in [2.24, 2.45) is 0 Å². The molecule has 4 atom stereocenters. The SMILES string of the molecule is Nc1nc(=O)n([C@@H]2O[C@H](COP(=O)(O)O)[C@@H](O)[C@@H]2O)cc1I. The molecule has 0 spiro atoms. The predicted octanol–water partition coefficient (Wildman–Crippen LogP) is -1.84. The molecule has 124 valence electrons. The fourth-order valence-corrected chi connectivity index (χ4v) is 2.67. The number of halogens is 1. The molecule has 0 amide bonds. The number of anilines is 1. The Labute approximate surface area is 137 Å². The molecule has 22 heavy (non-hydrogen) atoms. The molecule has 11 nitrogen and oxygen atoms in total. The molecule has 0 aromatic carbocycles. The molecule has 1 fully saturated rings. The monoisotopic (exact) mass is 449 g/mol. The zero-order valence-corrected chi connectivity index (χ0v) is 13.9. The number of aliphatic hydroxyl groups is 2. The molecule has 6 N–H and O–H groups in total. The minimum atomic E-state index is -4.75. The summed E-state index contributed by atoms with van der Waals surface area (Å²) < 4.78 is 21.5. The standard InChI is InChI=1S/C9H13IN3O8P/c10-3-1-13(9(16)12-7(3)11)8-6(15)5(14)4(21-8)2-20-22(17,18)19/h1,4-6,8,14-15H,2H2,(H2,11,12,16)(H2,17,18,19)/t4-,5-,6+,8-/m1/s1. The van der Waals surface area contributed by atoms with Crippen molar-refractivity contribution in [2.45, 2.75) is 24.5 Å². The maximum atomic E-state index is 11.8. The number of hydrogen-bond donors (Lipinski definition) is 5. The van der Waals surface area contributed by atoms with Gasteiger partial charge in [-0.25, -0.2) is 9.36 Å². The van der Waals surface area contributed by atoms with Gasteiger partial charge in [0.1, 0.15) is 24.1 Å². The van der Waals surface area contributed by atoms with Crippen LogP contribution in [0.1, 0.15) is 6.23 Å². The van der Waals surface area contributed by atoms with Gasteiger partial charge >= 0.3 is 13.5 Å². The van der Waals surface area contributed by atoms with E-state index in [4.69, 9.17) is 20.3 Å². The number of phosphoric acid groups is 1. The van der Waals surface area contributed by atoms with E-state index in [9.17, 15) is 19.6 Å². The lowest BCUT2D eigenvalue weighted by Gasteiger charge is -2.17. The summed E-state index contributed by atoms with van der Waals surface area (Å²) in [6, 6.07) is 0. The second-order valence-electron chi connectivity index (χ2n) is 4.50. The van der Waals surface area contributed by atoms with Gasteiger partial charge < -0.3 is 30.5 Å². The fourth-order valence-electron chi connectivity index (χ4n) is 1.91. The van der Waals surface area contributed by atoms with Crippen LogP contribution in [0.3, 0.4) is 0 Å². The number of nitrogens with two attached hydrogens (primary N) is 1. The number of nitrogens with zero attached hydrogens (tertiary/aromatic N) is 2. The fraction of sp³-hybridized carbons (Fsp3) is 0.556. The van der Waals surface area contributed by atoms with Crippen LogP contribution in [0.5, 0.6) is 0 Å². The number of hydrogen-bond acceptors (Lipinski definition) is 8. The summed E-state index contributed by atoms with van der Waals surface area (Å²) in [5, 5.41) is 19.8. The summed E-state index contributed by atoms with van der Waals surface area (Å²) in [7, 11) is -4.75. The van der Waals surface area contributed by atoms with Crippen LogP contribution in [0.25, 0.3) is 0 Å². The first-order valence-corrected chi connectivity index (χ1v) is 8.47. The van der Waals surface area contributed by atoms with Crippen LogP contribution in [-0.4, -0.2) is 54.5 Å². The average Bonchev–Trinajstić information content (AvgIpc) is 2.68. The van der Waals surface area contributed by atoms with Gasteiger partial charge in [-0.05, 0) is 22.6 Å². The maximum absolute atomic E-state index is 11.8. The van der Waals surface area contributed by atoms with E-state index in [1.807, 2.05) is 22.6 Å². The Morgan fingerprint density at radius 2 is 2.09 bits per heavy atom. The van der Waals surface area contributed by atoms with Crippen LogP contribution in [0.4, 0.5) is 5.82 Å². The smallest absolute Gasteiger partial charge is 0.387 e. The number of aliphatic hydroxyl groups excluding tert-OH is 2. The molecule has 0 radical (unpaired) electrons. The molecule has 1 saturated heterocycles. The highest BCUT2D eigenvalue weighted by atomic mass is 127. The second-order valence-corrected chi connectivity index (χ2v) is 6.90. The minimum Gasteiger partial charge on any atom is -0.387 e. The highest BCUT2D eigenvalue weighted by Gasteiger charge is 2.45. The lowest BCUT2D eigenvalue weighted by Crippen LogP contribution is -2.36. The Hall–Kier alpha value is -0.600. The first-order chi connectivity index (χ1) is 10.1. The zero-order chi connectivity index (χ0) is 16.7. The molecule has 0 aliphatic carbocycles. The summed E-state index contributed by atoms with van der Waals surface area (Å²) >= 11 is 1.82. The zero-order valence-electron chi connectivity index (χ0n) is 10.8. The normalized spacial score (nSPS) is 29.0. The Kier molecular flexibility index (Phi) is 5.23. The number of ether oxygens (including phenoxy) is 1. The van der Waals surface area contributed by atoms with E-state index in [2.05, 4.69) is 9.51 Å². The first-order valence-electron chi connectivity index (χ1n) is 5.86. The van der Waals surface area contributed by atoms with Crippen LogP contribution in [0, 0.1) is 3.57 Å². The van der Waals surface area contributed by atoms with E-state index < -0.39 is 44.7 Å². The van der Waals surface area contributed by atoms with Crippen LogP contribution >= 0.6 is 30.4 Å². The summed E-state index contributed by atoms with van der Waals surface area (Å²) in [6.45, 7) is -0.659. The molecular formula is C9H13IN3O8P. The van der Waals surface area contributed by atoms with E-state index in [-0.39, 0.29) is 5.82 Å². The van der Waals surface area contributed by atoms with E-state index in [0.717, 1.165) is 4.57 Å². The number of aromatic nitrogens is 2. The largest absolute Gasteiger partial charge is 0.469 e. The van der Waals surface area contributed by atoms with Gasteiger partial charge in [0.15, 0.2) is 6.23 Å². The third kappa shape index (κ3) is 3.83. The van der Waals surface area contributed by atoms with Gasteiger partial charge in [0.2, 0.25) is 0 Å². The average molecular weight is 449 g/mol. The number of phosphoric ester groups is 1. The molecule has 1 aliphatic heterocycles. The van der Waals surface area contributed by atoms with Gasteiger partial charge in [0.25, 0.3) is 0 Å². The molecule has 1 aromatic heterocycles. The van der Waals surface area contributed by atoms with Crippen molar-refractivity contribution in [2.75, 3.05) is 12.3 Å². The quantitative estimate of drug-likeness (QED) is 0.259. The van der Waals surface area contributed by atoms with Crippen molar-refractivity contribution in [3.8, 4) is 0 Å².